The molecule has 0 unspecified atom stereocenters. The Morgan fingerprint density at radius 2 is 2.07 bits per heavy atom. The number of halogens is 1. The van der Waals surface area contributed by atoms with Gasteiger partial charge in [-0.25, -0.2) is 4.98 Å². The Hall–Kier alpha value is -2.25. The second-order valence-electron chi connectivity index (χ2n) is 8.56. The molecule has 1 atom stereocenters. The molecule has 1 aromatic heterocycles. The molecule has 1 N–H and O–H groups in total. The highest BCUT2D eigenvalue weighted by Gasteiger charge is 2.37. The Balaban J connectivity index is 1.47. The van der Waals surface area contributed by atoms with E-state index in [0.717, 1.165) is 11.3 Å². The van der Waals surface area contributed by atoms with E-state index in [4.69, 9.17) is 11.6 Å². The number of hydrogen-bond acceptors (Lipinski definition) is 5. The van der Waals surface area contributed by atoms with Gasteiger partial charge in [-0.3, -0.25) is 14.4 Å². The molecule has 2 aromatic rings. The first-order chi connectivity index (χ1) is 13.6. The van der Waals surface area contributed by atoms with Gasteiger partial charge in [0.2, 0.25) is 11.8 Å². The summed E-state index contributed by atoms with van der Waals surface area (Å²) < 4.78 is 0. The van der Waals surface area contributed by atoms with Gasteiger partial charge >= 0.3 is 0 Å². The quantitative estimate of drug-likeness (QED) is 0.787. The van der Waals surface area contributed by atoms with Crippen molar-refractivity contribution in [2.24, 2.45) is 11.3 Å². The lowest BCUT2D eigenvalue weighted by atomic mass is 9.78. The number of carbonyl (C=O) groups is 3. The molecule has 0 radical (unpaired) electrons. The monoisotopic (exact) mass is 431 g/mol. The van der Waals surface area contributed by atoms with E-state index >= 15 is 0 Å². The zero-order chi connectivity index (χ0) is 20.9. The van der Waals surface area contributed by atoms with Gasteiger partial charge in [-0.15, -0.1) is 0 Å². The summed E-state index contributed by atoms with van der Waals surface area (Å²) >= 11 is 7.40. The fourth-order valence-corrected chi connectivity index (χ4v) is 4.96. The van der Waals surface area contributed by atoms with Crippen molar-refractivity contribution >= 4 is 51.4 Å². The van der Waals surface area contributed by atoms with Crippen LogP contribution in [0.25, 0.3) is 0 Å². The van der Waals surface area contributed by atoms with Gasteiger partial charge in [-0.05, 0) is 36.5 Å². The molecule has 2 heterocycles. The predicted molar refractivity (Wildman–Crippen MR) is 114 cm³/mol. The van der Waals surface area contributed by atoms with Crippen molar-refractivity contribution in [1.29, 1.82) is 0 Å². The van der Waals surface area contributed by atoms with Crippen LogP contribution in [0.5, 0.6) is 0 Å². The molecule has 29 heavy (non-hydrogen) atoms. The SMILES string of the molecule is Cc1ccc(N2C[C@@H](C(=O)Nc3nc4c(s3)C(=O)CC(C)(C)C4)CC2=O)cc1Cl. The maximum absolute atomic E-state index is 12.7. The van der Waals surface area contributed by atoms with E-state index in [9.17, 15) is 14.4 Å². The number of carbonyl (C=O) groups excluding carboxylic acids is 3. The molecule has 152 valence electrons. The van der Waals surface area contributed by atoms with Crippen LogP contribution in [0.3, 0.4) is 0 Å². The topological polar surface area (TPSA) is 79.4 Å². The molecule has 8 heteroatoms. The van der Waals surface area contributed by atoms with E-state index in [0.29, 0.717) is 40.1 Å². The Labute approximate surface area is 178 Å². The van der Waals surface area contributed by atoms with Crippen LogP contribution in [0, 0.1) is 18.3 Å². The molecule has 1 aromatic carbocycles. The molecule has 2 amide bonds. The summed E-state index contributed by atoms with van der Waals surface area (Å²) in [5, 5.41) is 3.83. The summed E-state index contributed by atoms with van der Waals surface area (Å²) in [5.74, 6) is -0.763. The van der Waals surface area contributed by atoms with Crippen molar-refractivity contribution in [3.8, 4) is 0 Å². The van der Waals surface area contributed by atoms with Gasteiger partial charge in [-0.1, -0.05) is 42.9 Å². The van der Waals surface area contributed by atoms with Crippen LogP contribution in [0.4, 0.5) is 10.8 Å². The Morgan fingerprint density at radius 1 is 1.31 bits per heavy atom. The van der Waals surface area contributed by atoms with Crippen LogP contribution >= 0.6 is 22.9 Å². The third-order valence-electron chi connectivity index (χ3n) is 5.43. The average molecular weight is 432 g/mol. The predicted octanol–water partition coefficient (Wildman–Crippen LogP) is 4.25. The highest BCUT2D eigenvalue weighted by Crippen LogP contribution is 2.38. The first-order valence-corrected chi connectivity index (χ1v) is 10.7. The van der Waals surface area contributed by atoms with Crippen LogP contribution in [0.15, 0.2) is 18.2 Å². The van der Waals surface area contributed by atoms with Gasteiger partial charge in [-0.2, -0.15) is 0 Å². The number of benzene rings is 1. The molecule has 1 aliphatic heterocycles. The minimum absolute atomic E-state index is 0.0766. The molecule has 4 rings (SSSR count). The molecule has 1 fully saturated rings. The molecular weight excluding hydrogens is 410 g/mol. The first kappa shape index (κ1) is 20.0. The Kier molecular flexibility index (Phi) is 4.99. The Bertz CT molecular complexity index is 1030. The zero-order valence-corrected chi connectivity index (χ0v) is 18.1. The third kappa shape index (κ3) is 3.94. The molecule has 2 aliphatic rings. The number of hydrogen-bond donors (Lipinski definition) is 1. The number of ketones is 1. The average Bonchev–Trinajstić information content (AvgIpc) is 3.20. The highest BCUT2D eigenvalue weighted by molar-refractivity contribution is 7.17. The van der Waals surface area contributed by atoms with E-state index in [-0.39, 0.29) is 29.4 Å². The zero-order valence-electron chi connectivity index (χ0n) is 16.5. The van der Waals surface area contributed by atoms with Gasteiger partial charge in [0, 0.05) is 30.1 Å². The maximum atomic E-state index is 12.7. The lowest BCUT2D eigenvalue weighted by Crippen LogP contribution is -2.28. The van der Waals surface area contributed by atoms with Crippen LogP contribution < -0.4 is 10.2 Å². The number of aryl methyl sites for hydroxylation is 1. The van der Waals surface area contributed by atoms with E-state index < -0.39 is 5.92 Å². The minimum Gasteiger partial charge on any atom is -0.312 e. The molecule has 0 spiro atoms. The third-order valence-corrected chi connectivity index (χ3v) is 6.89. The summed E-state index contributed by atoms with van der Waals surface area (Å²) in [6.07, 6.45) is 1.33. The number of anilines is 2. The van der Waals surface area contributed by atoms with Crippen LogP contribution in [-0.2, 0) is 16.0 Å². The number of nitrogens with one attached hydrogen (secondary N) is 1. The molecule has 0 bridgehead atoms. The molecule has 1 saturated heterocycles. The lowest BCUT2D eigenvalue weighted by Gasteiger charge is -2.26. The minimum atomic E-state index is -0.476. The fraction of sp³-hybridized carbons (Fsp3) is 0.429. The van der Waals surface area contributed by atoms with E-state index in [1.807, 2.05) is 32.9 Å². The summed E-state index contributed by atoms with van der Waals surface area (Å²) in [6.45, 7) is 6.28. The number of aromatic nitrogens is 1. The summed E-state index contributed by atoms with van der Waals surface area (Å²) in [4.78, 5) is 44.3. The molecule has 1 aliphatic carbocycles. The van der Waals surface area contributed by atoms with Gasteiger partial charge < -0.3 is 10.2 Å². The van der Waals surface area contributed by atoms with Crippen molar-refractivity contribution in [3.05, 3.63) is 39.4 Å². The van der Waals surface area contributed by atoms with Crippen molar-refractivity contribution < 1.29 is 14.4 Å². The van der Waals surface area contributed by atoms with Crippen molar-refractivity contribution in [2.75, 3.05) is 16.8 Å². The maximum Gasteiger partial charge on any atom is 0.231 e. The van der Waals surface area contributed by atoms with Gasteiger partial charge in [0.15, 0.2) is 10.9 Å². The van der Waals surface area contributed by atoms with E-state index in [2.05, 4.69) is 10.3 Å². The number of fused-ring (bicyclic) bond motifs is 1. The van der Waals surface area contributed by atoms with Crippen LogP contribution in [0.1, 0.15) is 47.6 Å². The number of Topliss-reactive ketones (excluding diaryl/α,β-unsaturated/α-hetero) is 1. The van der Waals surface area contributed by atoms with Crippen molar-refractivity contribution in [2.45, 2.75) is 40.0 Å². The largest absolute Gasteiger partial charge is 0.312 e. The second kappa shape index (κ2) is 7.22. The van der Waals surface area contributed by atoms with Crippen LogP contribution in [0.2, 0.25) is 5.02 Å². The summed E-state index contributed by atoms with van der Waals surface area (Å²) in [5.41, 5.74) is 2.26. The highest BCUT2D eigenvalue weighted by atomic mass is 35.5. The molecular formula is C21H22ClN3O3S. The van der Waals surface area contributed by atoms with Crippen molar-refractivity contribution in [3.63, 3.8) is 0 Å². The van der Waals surface area contributed by atoms with Crippen molar-refractivity contribution in [1.82, 2.24) is 4.98 Å². The fourth-order valence-electron chi connectivity index (χ4n) is 3.86. The summed E-state index contributed by atoms with van der Waals surface area (Å²) in [7, 11) is 0. The van der Waals surface area contributed by atoms with Gasteiger partial charge in [0.25, 0.3) is 0 Å². The van der Waals surface area contributed by atoms with E-state index in [1.54, 1.807) is 11.0 Å². The number of amides is 2. The normalized spacial score (nSPS) is 20.7. The van der Waals surface area contributed by atoms with Gasteiger partial charge in [0.1, 0.15) is 0 Å². The molecule has 0 saturated carbocycles. The van der Waals surface area contributed by atoms with Gasteiger partial charge in [0.05, 0.1) is 16.5 Å². The lowest BCUT2D eigenvalue weighted by molar-refractivity contribution is -0.122. The molecule has 6 nitrogen and oxygen atoms in total. The smallest absolute Gasteiger partial charge is 0.231 e. The van der Waals surface area contributed by atoms with Crippen LogP contribution in [-0.4, -0.2) is 29.1 Å². The number of nitrogens with zero attached hydrogens (tertiary/aromatic N) is 2. The summed E-state index contributed by atoms with van der Waals surface area (Å²) in [6, 6.07) is 5.44. The standard InChI is InChI=1S/C21H22ClN3O3S/c1-11-4-5-13(7-14(11)22)25-10-12(6-17(25)27)19(28)24-20-23-15-8-21(2,3)9-16(26)18(15)29-20/h4-5,7,12H,6,8-10H2,1-3H3,(H,23,24,28)/t12-/m0/s1. The second-order valence-corrected chi connectivity index (χ2v) is 9.97. The number of rotatable bonds is 3. The van der Waals surface area contributed by atoms with E-state index in [1.165, 1.54) is 11.3 Å². The number of thiazole rings is 1. The first-order valence-electron chi connectivity index (χ1n) is 9.53. The Morgan fingerprint density at radius 3 is 2.79 bits per heavy atom.